The van der Waals surface area contributed by atoms with Crippen molar-refractivity contribution < 1.29 is 5.11 Å². The van der Waals surface area contributed by atoms with Gasteiger partial charge in [0, 0.05) is 12.3 Å². The maximum Gasteiger partial charge on any atom is 0.0431 e. The van der Waals surface area contributed by atoms with Crippen LogP contribution in [0.15, 0.2) is 24.3 Å². The first kappa shape index (κ1) is 11.1. The maximum absolute atomic E-state index is 8.61. The van der Waals surface area contributed by atoms with Crippen LogP contribution in [0.1, 0.15) is 31.2 Å². The minimum absolute atomic E-state index is 0.313. The number of nitrogen functional groups attached to an aromatic ring is 1. The molecule has 1 aromatic carbocycles. The highest BCUT2D eigenvalue weighted by molar-refractivity contribution is 5.46. The van der Waals surface area contributed by atoms with Crippen LogP contribution in [0.4, 0.5) is 5.69 Å². The second-order valence-corrected chi connectivity index (χ2v) is 3.59. The molecule has 0 aromatic heterocycles. The average Bonchev–Trinajstić information content (AvgIpc) is 2.20. The molecule has 0 radical (unpaired) electrons. The summed E-state index contributed by atoms with van der Waals surface area (Å²) in [5.74, 6) is 0. The van der Waals surface area contributed by atoms with Crippen LogP contribution in [0, 0.1) is 0 Å². The van der Waals surface area contributed by atoms with Gasteiger partial charge in [0.15, 0.2) is 0 Å². The van der Waals surface area contributed by atoms with Crippen molar-refractivity contribution in [3.8, 4) is 0 Å². The number of nitrogens with two attached hydrogens (primary N) is 1. The molecule has 0 saturated carbocycles. The summed E-state index contributed by atoms with van der Waals surface area (Å²) in [6.45, 7) is 0.313. The quantitative estimate of drug-likeness (QED) is 0.538. The van der Waals surface area contributed by atoms with E-state index in [9.17, 15) is 0 Å². The molecule has 0 fully saturated rings. The van der Waals surface area contributed by atoms with Crippen LogP contribution in [0.5, 0.6) is 0 Å². The Morgan fingerprint density at radius 1 is 1.00 bits per heavy atom. The van der Waals surface area contributed by atoms with Crippen molar-refractivity contribution in [1.29, 1.82) is 0 Å². The van der Waals surface area contributed by atoms with Crippen molar-refractivity contribution in [1.82, 2.24) is 0 Å². The lowest BCUT2D eigenvalue weighted by Crippen LogP contribution is -1.94. The van der Waals surface area contributed by atoms with Gasteiger partial charge in [0.1, 0.15) is 0 Å². The largest absolute Gasteiger partial charge is 0.399 e. The topological polar surface area (TPSA) is 46.2 Å². The van der Waals surface area contributed by atoms with Gasteiger partial charge < -0.3 is 10.8 Å². The van der Waals surface area contributed by atoms with Gasteiger partial charge >= 0.3 is 0 Å². The van der Waals surface area contributed by atoms with Gasteiger partial charge in [0.25, 0.3) is 0 Å². The van der Waals surface area contributed by atoms with E-state index in [4.69, 9.17) is 10.8 Å². The molecular formula is C12H19NO. The van der Waals surface area contributed by atoms with Gasteiger partial charge in [0.05, 0.1) is 0 Å². The Labute approximate surface area is 85.8 Å². The molecule has 0 aliphatic carbocycles. The zero-order chi connectivity index (χ0) is 10.2. The third-order valence-corrected chi connectivity index (χ3v) is 2.41. The van der Waals surface area contributed by atoms with Crippen LogP contribution in [-0.2, 0) is 6.42 Å². The summed E-state index contributed by atoms with van der Waals surface area (Å²) in [6.07, 6.45) is 5.43. The number of benzene rings is 1. The first-order valence-corrected chi connectivity index (χ1v) is 5.29. The zero-order valence-corrected chi connectivity index (χ0v) is 8.58. The van der Waals surface area contributed by atoms with Gasteiger partial charge in [-0.2, -0.15) is 0 Å². The predicted octanol–water partition coefficient (Wildman–Crippen LogP) is 2.36. The van der Waals surface area contributed by atoms with Crippen molar-refractivity contribution in [2.75, 3.05) is 12.3 Å². The summed E-state index contributed by atoms with van der Waals surface area (Å²) in [6, 6.07) is 8.02. The Morgan fingerprint density at radius 2 is 1.71 bits per heavy atom. The summed E-state index contributed by atoms with van der Waals surface area (Å²) >= 11 is 0. The highest BCUT2D eigenvalue weighted by Gasteiger charge is 1.97. The predicted molar refractivity (Wildman–Crippen MR) is 60.1 cm³/mol. The fourth-order valence-corrected chi connectivity index (χ4v) is 1.54. The van der Waals surface area contributed by atoms with Crippen molar-refractivity contribution in [2.45, 2.75) is 32.1 Å². The van der Waals surface area contributed by atoms with E-state index in [1.165, 1.54) is 12.0 Å². The molecule has 1 aromatic rings. The molecule has 0 atom stereocenters. The molecule has 78 valence electrons. The molecule has 3 N–H and O–H groups in total. The minimum atomic E-state index is 0.313. The molecule has 0 amide bonds. The first-order valence-electron chi connectivity index (χ1n) is 5.29. The highest BCUT2D eigenvalue weighted by atomic mass is 16.2. The number of aliphatic hydroxyl groups is 1. The van der Waals surface area contributed by atoms with E-state index >= 15 is 0 Å². The summed E-state index contributed by atoms with van der Waals surface area (Å²) in [5.41, 5.74) is 7.97. The molecule has 0 unspecified atom stereocenters. The number of unbranched alkanes of at least 4 members (excludes halogenated alkanes) is 3. The Hall–Kier alpha value is -1.02. The monoisotopic (exact) mass is 193 g/mol. The molecule has 2 heteroatoms. The highest BCUT2D eigenvalue weighted by Crippen LogP contribution is 2.14. The number of anilines is 1. The third-order valence-electron chi connectivity index (χ3n) is 2.41. The van der Waals surface area contributed by atoms with Gasteiger partial charge in [-0.3, -0.25) is 0 Å². The van der Waals surface area contributed by atoms with Gasteiger partial charge in [-0.1, -0.05) is 31.0 Å². The van der Waals surface area contributed by atoms with E-state index in [2.05, 4.69) is 6.07 Å². The molecular weight excluding hydrogens is 174 g/mol. The van der Waals surface area contributed by atoms with E-state index in [1.54, 1.807) is 0 Å². The lowest BCUT2D eigenvalue weighted by Gasteiger charge is -2.04. The summed E-state index contributed by atoms with van der Waals surface area (Å²) in [7, 11) is 0. The standard InChI is InChI=1S/C12H19NO/c13-12-9-5-4-8-11(12)7-3-1-2-6-10-14/h4-5,8-9,14H,1-3,6-7,10,13H2. The summed E-state index contributed by atoms with van der Waals surface area (Å²) in [4.78, 5) is 0. The molecule has 1 rings (SSSR count). The summed E-state index contributed by atoms with van der Waals surface area (Å²) < 4.78 is 0. The molecule has 0 aliphatic heterocycles. The van der Waals surface area contributed by atoms with Gasteiger partial charge in [-0.15, -0.1) is 0 Å². The van der Waals surface area contributed by atoms with Crippen molar-refractivity contribution in [3.63, 3.8) is 0 Å². The van der Waals surface area contributed by atoms with Crippen LogP contribution in [0.3, 0.4) is 0 Å². The first-order chi connectivity index (χ1) is 6.84. The second kappa shape index (κ2) is 6.44. The van der Waals surface area contributed by atoms with Gasteiger partial charge in [-0.25, -0.2) is 0 Å². The average molecular weight is 193 g/mol. The van der Waals surface area contributed by atoms with Crippen LogP contribution in [0.2, 0.25) is 0 Å². The van der Waals surface area contributed by atoms with Crippen molar-refractivity contribution in [2.24, 2.45) is 0 Å². The molecule has 0 heterocycles. The van der Waals surface area contributed by atoms with E-state index in [-0.39, 0.29) is 0 Å². The fourth-order valence-electron chi connectivity index (χ4n) is 1.54. The number of rotatable bonds is 6. The molecule has 0 spiro atoms. The second-order valence-electron chi connectivity index (χ2n) is 3.59. The smallest absolute Gasteiger partial charge is 0.0431 e. The lowest BCUT2D eigenvalue weighted by atomic mass is 10.0. The number of para-hydroxylation sites is 1. The van der Waals surface area contributed by atoms with Crippen LogP contribution in [0.25, 0.3) is 0 Å². The van der Waals surface area contributed by atoms with Crippen LogP contribution in [-0.4, -0.2) is 11.7 Å². The molecule has 0 saturated heterocycles. The van der Waals surface area contributed by atoms with E-state index in [0.717, 1.165) is 31.4 Å². The van der Waals surface area contributed by atoms with Crippen molar-refractivity contribution >= 4 is 5.69 Å². The molecule has 0 bridgehead atoms. The summed E-state index contributed by atoms with van der Waals surface area (Å²) in [5, 5.41) is 8.61. The Kier molecular flexibility index (Phi) is 5.08. The third kappa shape index (κ3) is 3.79. The molecule has 14 heavy (non-hydrogen) atoms. The lowest BCUT2D eigenvalue weighted by molar-refractivity contribution is 0.282. The maximum atomic E-state index is 8.61. The number of aryl methyl sites for hydroxylation is 1. The Balaban J connectivity index is 2.21. The molecule has 0 aliphatic rings. The van der Waals surface area contributed by atoms with Crippen molar-refractivity contribution in [3.05, 3.63) is 29.8 Å². The Morgan fingerprint density at radius 3 is 2.43 bits per heavy atom. The van der Waals surface area contributed by atoms with Crippen LogP contribution >= 0.6 is 0 Å². The normalized spacial score (nSPS) is 10.4. The van der Waals surface area contributed by atoms with Crippen LogP contribution < -0.4 is 5.73 Å². The van der Waals surface area contributed by atoms with E-state index in [0.29, 0.717) is 6.61 Å². The Bertz CT molecular complexity index is 260. The zero-order valence-electron chi connectivity index (χ0n) is 8.58. The van der Waals surface area contributed by atoms with Gasteiger partial charge in [0.2, 0.25) is 0 Å². The van der Waals surface area contributed by atoms with Gasteiger partial charge in [-0.05, 0) is 30.9 Å². The fraction of sp³-hybridized carbons (Fsp3) is 0.500. The van der Waals surface area contributed by atoms with E-state index in [1.807, 2.05) is 18.2 Å². The van der Waals surface area contributed by atoms with E-state index < -0.39 is 0 Å². The number of aliphatic hydroxyl groups excluding tert-OH is 1. The SMILES string of the molecule is Nc1ccccc1CCCCCCO. The minimum Gasteiger partial charge on any atom is -0.399 e. The number of hydrogen-bond acceptors (Lipinski definition) is 2. The molecule has 2 nitrogen and oxygen atoms in total. The number of hydrogen-bond donors (Lipinski definition) is 2.